The number of likely N-dealkylation sites (N-methyl/N-ethyl adjacent to an activating group) is 1. The highest BCUT2D eigenvalue weighted by atomic mass is 31.2. The zero-order valence-electron chi connectivity index (χ0n) is 44.9. The van der Waals surface area contributed by atoms with Gasteiger partial charge in [-0.1, -0.05) is 225 Å². The highest BCUT2D eigenvalue weighted by Crippen LogP contribution is 2.43. The van der Waals surface area contributed by atoms with Crippen molar-refractivity contribution in [3.05, 3.63) is 36.5 Å². The van der Waals surface area contributed by atoms with Crippen LogP contribution in [0.4, 0.5) is 0 Å². The molecule has 0 aliphatic rings. The summed E-state index contributed by atoms with van der Waals surface area (Å²) < 4.78 is 30.6. The minimum absolute atomic E-state index is 0.0408. The van der Waals surface area contributed by atoms with Crippen LogP contribution in [0.1, 0.15) is 265 Å². The van der Waals surface area contributed by atoms with Crippen LogP contribution in [0.15, 0.2) is 36.5 Å². The summed E-state index contributed by atoms with van der Waals surface area (Å²) in [5.74, 6) is -0.507. The van der Waals surface area contributed by atoms with E-state index in [0.29, 0.717) is 17.4 Å². The normalized spacial score (nSPS) is 14.1. The number of hydrogen-bond acceptors (Lipinski definition) is 6. The van der Waals surface area contributed by atoms with E-state index in [1.165, 1.54) is 154 Å². The number of nitrogens with one attached hydrogen (secondary N) is 1. The maximum absolute atomic E-state index is 13.4. The van der Waals surface area contributed by atoms with Gasteiger partial charge in [0.2, 0.25) is 5.91 Å². The summed E-state index contributed by atoms with van der Waals surface area (Å²) in [5, 5.41) is 3.04. The van der Waals surface area contributed by atoms with Crippen molar-refractivity contribution in [3.63, 3.8) is 0 Å². The van der Waals surface area contributed by atoms with E-state index in [1.807, 2.05) is 33.3 Å². The Balaban J connectivity index is 5.35. The SMILES string of the molecule is CCCCC/C=C\C/C=C\CCCCCCCCCC(=O)OC(/C=C\CCCCCCCCCCCCC)C(COP(=O)(O)OCC[N+](C)(C)C)NC(=O)CCCCCCCCCCCCC. The lowest BCUT2D eigenvalue weighted by atomic mass is 10.0. The summed E-state index contributed by atoms with van der Waals surface area (Å²) in [6.07, 6.45) is 55.6. The van der Waals surface area contributed by atoms with Gasteiger partial charge in [0, 0.05) is 12.8 Å². The number of phosphoric acid groups is 1. The van der Waals surface area contributed by atoms with Crippen molar-refractivity contribution in [2.75, 3.05) is 40.9 Å². The molecule has 0 radical (unpaired) electrons. The number of phosphoric ester groups is 1. The summed E-state index contributed by atoms with van der Waals surface area (Å²) in [6.45, 7) is 6.99. The molecule has 0 aliphatic carbocycles. The third kappa shape index (κ3) is 49.0. The maximum atomic E-state index is 13.4. The van der Waals surface area contributed by atoms with E-state index < -0.39 is 20.0 Å². The highest BCUT2D eigenvalue weighted by molar-refractivity contribution is 7.47. The molecular weight excluding hydrogens is 856 g/mol. The van der Waals surface area contributed by atoms with Crippen molar-refractivity contribution < 1.29 is 37.3 Å². The van der Waals surface area contributed by atoms with E-state index in [4.69, 9.17) is 13.8 Å². The molecule has 0 bridgehead atoms. The zero-order chi connectivity index (χ0) is 49.4. The van der Waals surface area contributed by atoms with Crippen molar-refractivity contribution >= 4 is 19.7 Å². The molecule has 0 spiro atoms. The Morgan fingerprint density at radius 2 is 0.910 bits per heavy atom. The van der Waals surface area contributed by atoms with E-state index in [0.717, 1.165) is 77.0 Å². The number of unbranched alkanes of at least 4 members (excludes halogenated alkanes) is 31. The summed E-state index contributed by atoms with van der Waals surface area (Å²) in [4.78, 5) is 37.5. The molecule has 10 heteroatoms. The highest BCUT2D eigenvalue weighted by Gasteiger charge is 2.30. The van der Waals surface area contributed by atoms with Gasteiger partial charge in [0.25, 0.3) is 0 Å². The molecule has 3 unspecified atom stereocenters. The molecule has 0 fully saturated rings. The van der Waals surface area contributed by atoms with Gasteiger partial charge in [-0.05, 0) is 63.9 Å². The summed E-state index contributed by atoms with van der Waals surface area (Å²) in [7, 11) is 1.50. The fourth-order valence-corrected chi connectivity index (χ4v) is 8.88. The molecule has 0 heterocycles. The van der Waals surface area contributed by atoms with Crippen LogP contribution < -0.4 is 5.32 Å². The summed E-state index contributed by atoms with van der Waals surface area (Å²) in [6, 6.07) is -0.845. The number of quaternary nitrogens is 1. The molecule has 394 valence electrons. The topological polar surface area (TPSA) is 111 Å². The van der Waals surface area contributed by atoms with Crippen LogP contribution in [0.2, 0.25) is 0 Å². The van der Waals surface area contributed by atoms with Crippen molar-refractivity contribution in [2.45, 2.75) is 277 Å². The summed E-state index contributed by atoms with van der Waals surface area (Å²) in [5.41, 5.74) is 0. The van der Waals surface area contributed by atoms with Crippen LogP contribution >= 0.6 is 7.82 Å². The van der Waals surface area contributed by atoms with E-state index >= 15 is 0 Å². The second kappa shape index (κ2) is 47.9. The third-order valence-corrected chi connectivity index (χ3v) is 13.6. The van der Waals surface area contributed by atoms with Gasteiger partial charge in [-0.3, -0.25) is 18.6 Å². The standard InChI is InChI=1S/C57H109N2O7P/c1-7-10-13-16-19-22-25-27-28-29-30-32-35-38-41-44-47-50-57(61)66-55(48-45-42-39-36-34-31-26-23-20-17-14-11-8-2)54(53-65-67(62,63)64-52-51-59(4,5)6)58-56(60)49-46-43-40-37-33-24-21-18-15-12-9-3/h19,22,27-28,45,48,54-55H,7-18,20-21,23-26,29-44,46-47,49-53H2,1-6H3,(H-,58,60,62,63)/p+1/b22-19-,28-27-,48-45-. The number of nitrogens with zero attached hydrogens (tertiary/aromatic N) is 1. The first-order valence-electron chi connectivity index (χ1n) is 28.3. The minimum atomic E-state index is -4.44. The first-order chi connectivity index (χ1) is 32.4. The smallest absolute Gasteiger partial charge is 0.456 e. The molecule has 2 N–H and O–H groups in total. The van der Waals surface area contributed by atoms with Crippen LogP contribution in [-0.4, -0.2) is 74.3 Å². The average Bonchev–Trinajstić information content (AvgIpc) is 3.28. The lowest BCUT2D eigenvalue weighted by molar-refractivity contribution is -0.870. The second-order valence-corrected chi connectivity index (χ2v) is 21.9. The van der Waals surface area contributed by atoms with Gasteiger partial charge in [-0.2, -0.15) is 0 Å². The van der Waals surface area contributed by atoms with Gasteiger partial charge in [0.1, 0.15) is 19.3 Å². The molecule has 1 amide bonds. The fraction of sp³-hybridized carbons (Fsp3) is 0.860. The Labute approximate surface area is 415 Å². The molecule has 0 saturated heterocycles. The number of carbonyl (C=O) groups excluding carboxylic acids is 2. The lowest BCUT2D eigenvalue weighted by Gasteiger charge is -2.27. The largest absolute Gasteiger partial charge is 0.472 e. The Bertz CT molecular complexity index is 1250. The quantitative estimate of drug-likeness (QED) is 0.0205. The zero-order valence-corrected chi connectivity index (χ0v) is 45.8. The maximum Gasteiger partial charge on any atom is 0.472 e. The molecule has 0 rings (SSSR count). The van der Waals surface area contributed by atoms with E-state index in [1.54, 1.807) is 0 Å². The number of esters is 1. The summed E-state index contributed by atoms with van der Waals surface area (Å²) >= 11 is 0. The van der Waals surface area contributed by atoms with Crippen LogP contribution in [0.25, 0.3) is 0 Å². The van der Waals surface area contributed by atoms with Crippen LogP contribution in [0.5, 0.6) is 0 Å². The molecule has 0 aromatic carbocycles. The number of hydrogen-bond donors (Lipinski definition) is 2. The second-order valence-electron chi connectivity index (χ2n) is 20.5. The number of carbonyl (C=O) groups is 2. The molecular formula is C57H110N2O7P+. The van der Waals surface area contributed by atoms with Gasteiger partial charge >= 0.3 is 13.8 Å². The third-order valence-electron chi connectivity index (χ3n) is 12.6. The molecule has 3 atom stereocenters. The number of ether oxygens (including phenoxy) is 1. The Morgan fingerprint density at radius 3 is 1.37 bits per heavy atom. The monoisotopic (exact) mass is 966 g/mol. The van der Waals surface area contributed by atoms with Gasteiger partial charge in [-0.25, -0.2) is 4.57 Å². The van der Waals surface area contributed by atoms with Crippen molar-refractivity contribution in [3.8, 4) is 0 Å². The van der Waals surface area contributed by atoms with Gasteiger partial charge < -0.3 is 19.4 Å². The van der Waals surface area contributed by atoms with E-state index in [2.05, 4.69) is 50.4 Å². The molecule has 0 aliphatic heterocycles. The first kappa shape index (κ1) is 65.2. The van der Waals surface area contributed by atoms with Gasteiger partial charge in [0.15, 0.2) is 0 Å². The minimum Gasteiger partial charge on any atom is -0.456 e. The number of rotatable bonds is 51. The van der Waals surface area contributed by atoms with Gasteiger partial charge in [-0.15, -0.1) is 0 Å². The molecule has 9 nitrogen and oxygen atoms in total. The van der Waals surface area contributed by atoms with Crippen molar-refractivity contribution in [1.82, 2.24) is 5.32 Å². The lowest BCUT2D eigenvalue weighted by Crippen LogP contribution is -2.47. The predicted molar refractivity (Wildman–Crippen MR) is 286 cm³/mol. The Morgan fingerprint density at radius 1 is 0.522 bits per heavy atom. The molecule has 0 aromatic heterocycles. The molecule has 0 saturated carbocycles. The molecule has 67 heavy (non-hydrogen) atoms. The Kier molecular flexibility index (Phi) is 46.6. The Hall–Kier alpha value is -1.77. The van der Waals surface area contributed by atoms with Gasteiger partial charge in [0.05, 0.1) is 33.8 Å². The van der Waals surface area contributed by atoms with Crippen LogP contribution in [0, 0.1) is 0 Å². The number of allylic oxidation sites excluding steroid dienone is 5. The van der Waals surface area contributed by atoms with Crippen LogP contribution in [0.3, 0.4) is 0 Å². The fourth-order valence-electron chi connectivity index (χ4n) is 8.15. The van der Waals surface area contributed by atoms with E-state index in [-0.39, 0.29) is 31.5 Å². The average molecular weight is 966 g/mol. The molecule has 0 aromatic rings. The van der Waals surface area contributed by atoms with Crippen molar-refractivity contribution in [2.24, 2.45) is 0 Å². The van der Waals surface area contributed by atoms with Crippen LogP contribution in [-0.2, 0) is 27.9 Å². The van der Waals surface area contributed by atoms with Crippen molar-refractivity contribution in [1.29, 1.82) is 0 Å². The van der Waals surface area contributed by atoms with E-state index in [9.17, 15) is 19.0 Å². The number of amides is 1. The first-order valence-corrected chi connectivity index (χ1v) is 29.8. The predicted octanol–water partition coefficient (Wildman–Crippen LogP) is 16.8.